The molecule has 3 atom stereocenters. The number of carbonyl (C=O) groups is 1. The van der Waals surface area contributed by atoms with E-state index in [1.54, 1.807) is 0 Å². The van der Waals surface area contributed by atoms with Crippen molar-refractivity contribution in [2.75, 3.05) is 26.2 Å². The first-order valence-corrected chi connectivity index (χ1v) is 6.23. The van der Waals surface area contributed by atoms with Crippen molar-refractivity contribution in [3.05, 3.63) is 0 Å². The molecule has 0 bridgehead atoms. The third-order valence-electron chi connectivity index (χ3n) is 3.80. The molecule has 2 aliphatic rings. The Kier molecular flexibility index (Phi) is 3.82. The highest BCUT2D eigenvalue weighted by Crippen LogP contribution is 2.24. The van der Waals surface area contributed by atoms with Crippen molar-refractivity contribution in [2.45, 2.75) is 32.3 Å². The van der Waals surface area contributed by atoms with Crippen LogP contribution in [0.2, 0.25) is 0 Å². The first-order valence-electron chi connectivity index (χ1n) is 6.23. The highest BCUT2D eigenvalue weighted by atomic mass is 16.5. The lowest BCUT2D eigenvalue weighted by atomic mass is 9.99. The number of rotatable bonds is 4. The van der Waals surface area contributed by atoms with Crippen LogP contribution in [0, 0.1) is 11.8 Å². The number of likely N-dealkylation sites (tertiary alicyclic amines) is 1. The summed E-state index contributed by atoms with van der Waals surface area (Å²) >= 11 is 0. The van der Waals surface area contributed by atoms with Crippen LogP contribution in [0.25, 0.3) is 0 Å². The Bertz CT molecular complexity index is 251. The number of carboxylic acid groups (broad SMARTS) is 1. The molecule has 0 amide bonds. The summed E-state index contributed by atoms with van der Waals surface area (Å²) in [5.74, 6) is -0.543. The molecule has 4 heteroatoms. The summed E-state index contributed by atoms with van der Waals surface area (Å²) in [6.07, 6.45) is 3.82. The summed E-state index contributed by atoms with van der Waals surface area (Å²) < 4.78 is 5.57. The molecule has 2 fully saturated rings. The van der Waals surface area contributed by atoms with E-state index < -0.39 is 5.97 Å². The first kappa shape index (κ1) is 11.9. The summed E-state index contributed by atoms with van der Waals surface area (Å²) in [6, 6.07) is 0. The van der Waals surface area contributed by atoms with Gasteiger partial charge in [0.2, 0.25) is 0 Å². The van der Waals surface area contributed by atoms with Gasteiger partial charge in [0.25, 0.3) is 0 Å². The number of nitrogens with zero attached hydrogens (tertiary/aromatic N) is 1. The number of aliphatic carboxylic acids is 1. The predicted molar refractivity (Wildman–Crippen MR) is 60.3 cm³/mol. The zero-order chi connectivity index (χ0) is 11.5. The predicted octanol–water partition coefficient (Wildman–Crippen LogP) is 1.21. The van der Waals surface area contributed by atoms with Crippen LogP contribution in [0.1, 0.15) is 26.2 Å². The van der Waals surface area contributed by atoms with Gasteiger partial charge >= 0.3 is 5.97 Å². The van der Waals surface area contributed by atoms with Crippen LogP contribution < -0.4 is 0 Å². The van der Waals surface area contributed by atoms with Crippen LogP contribution in [-0.2, 0) is 9.53 Å². The molecule has 0 radical (unpaired) electrons. The average Bonchev–Trinajstić information content (AvgIpc) is 2.83. The summed E-state index contributed by atoms with van der Waals surface area (Å²) in [4.78, 5) is 13.2. The Labute approximate surface area is 96.6 Å². The topological polar surface area (TPSA) is 49.8 Å². The lowest BCUT2D eigenvalue weighted by Crippen LogP contribution is -2.26. The van der Waals surface area contributed by atoms with Gasteiger partial charge in [-0.15, -0.1) is 0 Å². The zero-order valence-electron chi connectivity index (χ0n) is 9.89. The molecular weight excluding hydrogens is 206 g/mol. The van der Waals surface area contributed by atoms with E-state index >= 15 is 0 Å². The van der Waals surface area contributed by atoms with Gasteiger partial charge in [0, 0.05) is 26.2 Å². The Balaban J connectivity index is 1.73. The molecule has 0 aromatic heterocycles. The minimum Gasteiger partial charge on any atom is -0.481 e. The molecule has 3 unspecified atom stereocenters. The first-order chi connectivity index (χ1) is 7.66. The number of carboxylic acids is 1. The van der Waals surface area contributed by atoms with Gasteiger partial charge in [-0.2, -0.15) is 0 Å². The minimum atomic E-state index is -0.646. The van der Waals surface area contributed by atoms with E-state index in [0.29, 0.717) is 12.6 Å². The van der Waals surface area contributed by atoms with Crippen LogP contribution in [0.3, 0.4) is 0 Å². The highest BCUT2D eigenvalue weighted by molar-refractivity contribution is 5.71. The Morgan fingerprint density at radius 3 is 2.88 bits per heavy atom. The lowest BCUT2D eigenvalue weighted by molar-refractivity contribution is -0.142. The van der Waals surface area contributed by atoms with Gasteiger partial charge in [-0.25, -0.2) is 0 Å². The van der Waals surface area contributed by atoms with E-state index in [1.807, 2.05) is 6.92 Å². The van der Waals surface area contributed by atoms with Crippen molar-refractivity contribution in [1.29, 1.82) is 0 Å². The van der Waals surface area contributed by atoms with Crippen molar-refractivity contribution >= 4 is 5.97 Å². The fourth-order valence-corrected chi connectivity index (χ4v) is 2.77. The quantitative estimate of drug-likeness (QED) is 0.784. The molecule has 2 rings (SSSR count). The van der Waals surface area contributed by atoms with Gasteiger partial charge in [0.15, 0.2) is 0 Å². The van der Waals surface area contributed by atoms with E-state index in [9.17, 15) is 4.79 Å². The molecule has 2 saturated heterocycles. The summed E-state index contributed by atoms with van der Waals surface area (Å²) in [5, 5.41) is 9.03. The second kappa shape index (κ2) is 5.15. The molecule has 0 saturated carbocycles. The van der Waals surface area contributed by atoms with Gasteiger partial charge in [-0.3, -0.25) is 4.79 Å². The molecule has 2 heterocycles. The van der Waals surface area contributed by atoms with Crippen molar-refractivity contribution < 1.29 is 14.6 Å². The third kappa shape index (κ3) is 2.74. The van der Waals surface area contributed by atoms with Crippen LogP contribution in [0.4, 0.5) is 0 Å². The number of hydrogen-bond donors (Lipinski definition) is 1. The van der Waals surface area contributed by atoms with Gasteiger partial charge in [0.1, 0.15) is 0 Å². The highest BCUT2D eigenvalue weighted by Gasteiger charge is 2.34. The molecule has 0 spiro atoms. The maximum Gasteiger partial charge on any atom is 0.308 e. The molecule has 1 N–H and O–H groups in total. The van der Waals surface area contributed by atoms with Crippen molar-refractivity contribution in [3.63, 3.8) is 0 Å². The minimum absolute atomic E-state index is 0.176. The van der Waals surface area contributed by atoms with Crippen LogP contribution >= 0.6 is 0 Å². The SMILES string of the molecule is CC1CN(CCC2CCCO2)CC1C(=O)O. The average molecular weight is 227 g/mol. The molecule has 0 aromatic rings. The monoisotopic (exact) mass is 227 g/mol. The van der Waals surface area contributed by atoms with E-state index in [-0.39, 0.29) is 11.8 Å². The molecule has 2 aliphatic heterocycles. The molecule has 92 valence electrons. The second-order valence-corrected chi connectivity index (χ2v) is 5.11. The summed E-state index contributed by atoms with van der Waals surface area (Å²) in [5.41, 5.74) is 0. The maximum atomic E-state index is 11.0. The Hall–Kier alpha value is -0.610. The zero-order valence-corrected chi connectivity index (χ0v) is 9.89. The fourth-order valence-electron chi connectivity index (χ4n) is 2.77. The Morgan fingerprint density at radius 1 is 1.50 bits per heavy atom. The van der Waals surface area contributed by atoms with Crippen LogP contribution in [-0.4, -0.2) is 48.3 Å². The normalized spacial score (nSPS) is 35.7. The largest absolute Gasteiger partial charge is 0.481 e. The standard InChI is InChI=1S/C12H21NO3/c1-9-7-13(8-11(9)12(14)15)5-4-10-3-2-6-16-10/h9-11H,2-8H2,1H3,(H,14,15). The van der Waals surface area contributed by atoms with E-state index in [2.05, 4.69) is 4.90 Å². The number of ether oxygens (including phenoxy) is 1. The van der Waals surface area contributed by atoms with Gasteiger partial charge < -0.3 is 14.7 Å². The molecule has 0 aromatic carbocycles. The summed E-state index contributed by atoms with van der Waals surface area (Å²) in [7, 11) is 0. The molecule has 4 nitrogen and oxygen atoms in total. The van der Waals surface area contributed by atoms with Crippen LogP contribution in [0.5, 0.6) is 0 Å². The lowest BCUT2D eigenvalue weighted by Gasteiger charge is -2.17. The van der Waals surface area contributed by atoms with Gasteiger partial charge in [-0.05, 0) is 25.2 Å². The van der Waals surface area contributed by atoms with Crippen LogP contribution in [0.15, 0.2) is 0 Å². The van der Waals surface area contributed by atoms with E-state index in [4.69, 9.17) is 9.84 Å². The second-order valence-electron chi connectivity index (χ2n) is 5.11. The van der Waals surface area contributed by atoms with Crippen molar-refractivity contribution in [3.8, 4) is 0 Å². The Morgan fingerprint density at radius 2 is 2.31 bits per heavy atom. The van der Waals surface area contributed by atoms with E-state index in [1.165, 1.54) is 12.8 Å². The summed E-state index contributed by atoms with van der Waals surface area (Å²) in [6.45, 7) is 5.55. The smallest absolute Gasteiger partial charge is 0.308 e. The van der Waals surface area contributed by atoms with Crippen molar-refractivity contribution in [1.82, 2.24) is 4.90 Å². The molecule has 16 heavy (non-hydrogen) atoms. The van der Waals surface area contributed by atoms with Gasteiger partial charge in [-0.1, -0.05) is 6.92 Å². The van der Waals surface area contributed by atoms with Gasteiger partial charge in [0.05, 0.1) is 12.0 Å². The van der Waals surface area contributed by atoms with Crippen molar-refractivity contribution in [2.24, 2.45) is 11.8 Å². The fraction of sp³-hybridized carbons (Fsp3) is 0.917. The molecular formula is C12H21NO3. The maximum absolute atomic E-state index is 11.0. The number of hydrogen-bond acceptors (Lipinski definition) is 3. The van der Waals surface area contributed by atoms with E-state index in [0.717, 1.165) is 26.1 Å². The third-order valence-corrected chi connectivity index (χ3v) is 3.80. The molecule has 0 aliphatic carbocycles.